The van der Waals surface area contributed by atoms with E-state index in [1.165, 1.54) is 0 Å². The Balaban J connectivity index is 1.91. The van der Waals surface area contributed by atoms with Crippen molar-refractivity contribution < 1.29 is 9.53 Å². The Morgan fingerprint density at radius 2 is 1.81 bits per heavy atom. The van der Waals surface area contributed by atoms with Crippen molar-refractivity contribution in [1.82, 2.24) is 15.3 Å². The van der Waals surface area contributed by atoms with Gasteiger partial charge in [0.05, 0.1) is 5.56 Å². The third-order valence-corrected chi connectivity index (χ3v) is 4.13. The number of rotatable bonds is 5. The molecule has 1 heterocycles. The van der Waals surface area contributed by atoms with Crippen LogP contribution < -0.4 is 15.4 Å². The van der Waals surface area contributed by atoms with Crippen LogP contribution in [0.4, 0.5) is 11.6 Å². The quantitative estimate of drug-likeness (QED) is 0.708. The van der Waals surface area contributed by atoms with Gasteiger partial charge in [-0.1, -0.05) is 24.3 Å². The highest BCUT2D eigenvalue weighted by molar-refractivity contribution is 5.96. The molecule has 3 rings (SSSR count). The highest BCUT2D eigenvalue weighted by atomic mass is 16.5. The van der Waals surface area contributed by atoms with Gasteiger partial charge in [-0.15, -0.1) is 0 Å². The van der Waals surface area contributed by atoms with Gasteiger partial charge in [0.25, 0.3) is 5.91 Å². The molecule has 0 atom stereocenters. The number of nitrogens with zero attached hydrogens (tertiary/aromatic N) is 2. The van der Waals surface area contributed by atoms with Gasteiger partial charge in [-0.2, -0.15) is 4.98 Å². The fourth-order valence-corrected chi connectivity index (χ4v) is 2.56. The number of nitrogens with one attached hydrogen (secondary N) is 2. The van der Waals surface area contributed by atoms with Gasteiger partial charge in [0.15, 0.2) is 0 Å². The molecule has 3 aromatic rings. The second-order valence-electron chi connectivity index (χ2n) is 6.30. The molecule has 0 bridgehead atoms. The lowest BCUT2D eigenvalue weighted by Crippen LogP contribution is -2.18. The number of carbonyl (C=O) groups is 1. The van der Waals surface area contributed by atoms with Gasteiger partial charge < -0.3 is 15.4 Å². The minimum atomic E-state index is -0.217. The van der Waals surface area contributed by atoms with Crippen LogP contribution in [0.2, 0.25) is 0 Å². The molecule has 0 aliphatic carbocycles. The van der Waals surface area contributed by atoms with Crippen molar-refractivity contribution in [3.8, 4) is 11.6 Å². The van der Waals surface area contributed by atoms with Gasteiger partial charge in [0.1, 0.15) is 5.75 Å². The number of hydrogen-bond acceptors (Lipinski definition) is 5. The fourth-order valence-electron chi connectivity index (χ4n) is 2.56. The van der Waals surface area contributed by atoms with Crippen molar-refractivity contribution in [3.63, 3.8) is 0 Å². The zero-order valence-electron chi connectivity index (χ0n) is 15.8. The van der Waals surface area contributed by atoms with Gasteiger partial charge in [0, 0.05) is 24.5 Å². The number of ether oxygens (including phenoxy) is 1. The van der Waals surface area contributed by atoms with E-state index in [4.69, 9.17) is 4.74 Å². The lowest BCUT2D eigenvalue weighted by atomic mass is 10.1. The Bertz CT molecular complexity index is 986. The molecule has 0 aliphatic rings. The van der Waals surface area contributed by atoms with Gasteiger partial charge in [0.2, 0.25) is 11.8 Å². The topological polar surface area (TPSA) is 76.1 Å². The molecule has 1 aromatic heterocycles. The Morgan fingerprint density at radius 1 is 1.04 bits per heavy atom. The van der Waals surface area contributed by atoms with Crippen LogP contribution in [-0.4, -0.2) is 22.9 Å². The zero-order chi connectivity index (χ0) is 19.4. The van der Waals surface area contributed by atoms with E-state index < -0.39 is 0 Å². The molecule has 0 radical (unpaired) electrons. The number of anilines is 2. The predicted octanol–water partition coefficient (Wildman–Crippen LogP) is 4.30. The van der Waals surface area contributed by atoms with Gasteiger partial charge in [-0.25, -0.2) is 4.98 Å². The first-order valence-electron chi connectivity index (χ1n) is 8.65. The number of amides is 1. The maximum atomic E-state index is 12.1. The molecule has 0 unspecified atom stereocenters. The summed E-state index contributed by atoms with van der Waals surface area (Å²) in [5.74, 6) is 1.05. The van der Waals surface area contributed by atoms with E-state index in [2.05, 4.69) is 26.7 Å². The SMILES string of the molecule is CNC(=O)c1ccccc1Oc1nc(Nc2cc(C)ccc2C)ncc1C. The van der Waals surface area contributed by atoms with Crippen molar-refractivity contribution in [3.05, 3.63) is 70.9 Å². The molecule has 1 amide bonds. The molecule has 6 nitrogen and oxygen atoms in total. The summed E-state index contributed by atoms with van der Waals surface area (Å²) in [5.41, 5.74) is 4.40. The molecule has 0 saturated heterocycles. The number of hydrogen-bond donors (Lipinski definition) is 2. The largest absolute Gasteiger partial charge is 0.438 e. The Labute approximate surface area is 158 Å². The Morgan fingerprint density at radius 3 is 2.59 bits per heavy atom. The number of para-hydroxylation sites is 1. The van der Waals surface area contributed by atoms with Gasteiger partial charge >= 0.3 is 0 Å². The summed E-state index contributed by atoms with van der Waals surface area (Å²) in [5, 5.41) is 5.85. The molecular weight excluding hydrogens is 340 g/mol. The maximum Gasteiger partial charge on any atom is 0.254 e. The summed E-state index contributed by atoms with van der Waals surface area (Å²) in [6, 6.07) is 13.2. The van der Waals surface area contributed by atoms with Crippen LogP contribution in [0, 0.1) is 20.8 Å². The molecule has 2 aromatic carbocycles. The molecule has 6 heteroatoms. The standard InChI is InChI=1S/C21H22N4O2/c1-13-9-10-14(2)17(11-13)24-21-23-12-15(3)20(25-21)27-18-8-6-5-7-16(18)19(26)22-4/h5-12H,1-4H3,(H,22,26)(H,23,24,25). The van der Waals surface area contributed by atoms with Crippen molar-refractivity contribution in [2.24, 2.45) is 0 Å². The summed E-state index contributed by atoms with van der Waals surface area (Å²) in [6.45, 7) is 5.91. The third-order valence-electron chi connectivity index (χ3n) is 4.13. The monoisotopic (exact) mass is 362 g/mol. The second kappa shape index (κ2) is 7.86. The number of aryl methyl sites for hydroxylation is 3. The lowest BCUT2D eigenvalue weighted by molar-refractivity contribution is 0.0960. The fraction of sp³-hybridized carbons (Fsp3) is 0.190. The van der Waals surface area contributed by atoms with E-state index in [-0.39, 0.29) is 5.91 Å². The van der Waals surface area contributed by atoms with E-state index in [9.17, 15) is 4.79 Å². The van der Waals surface area contributed by atoms with E-state index in [0.717, 1.165) is 22.4 Å². The summed E-state index contributed by atoms with van der Waals surface area (Å²) in [4.78, 5) is 20.9. The van der Waals surface area contributed by atoms with Gasteiger partial charge in [-0.05, 0) is 50.1 Å². The molecule has 2 N–H and O–H groups in total. The first kappa shape index (κ1) is 18.4. The number of aromatic nitrogens is 2. The van der Waals surface area contributed by atoms with Crippen LogP contribution >= 0.6 is 0 Å². The second-order valence-corrected chi connectivity index (χ2v) is 6.30. The average Bonchev–Trinajstić information content (AvgIpc) is 2.67. The summed E-state index contributed by atoms with van der Waals surface area (Å²) in [6.07, 6.45) is 1.69. The third kappa shape index (κ3) is 4.23. The van der Waals surface area contributed by atoms with E-state index in [1.807, 2.05) is 39.0 Å². The smallest absolute Gasteiger partial charge is 0.254 e. The summed E-state index contributed by atoms with van der Waals surface area (Å²) < 4.78 is 5.94. The molecule has 27 heavy (non-hydrogen) atoms. The van der Waals surface area contributed by atoms with Crippen molar-refractivity contribution in [1.29, 1.82) is 0 Å². The van der Waals surface area contributed by atoms with E-state index in [1.54, 1.807) is 31.4 Å². The molecule has 0 spiro atoms. The Hall–Kier alpha value is -3.41. The normalized spacial score (nSPS) is 10.4. The summed E-state index contributed by atoms with van der Waals surface area (Å²) in [7, 11) is 1.58. The summed E-state index contributed by atoms with van der Waals surface area (Å²) >= 11 is 0. The number of carbonyl (C=O) groups excluding carboxylic acids is 1. The lowest BCUT2D eigenvalue weighted by Gasteiger charge is -2.13. The Kier molecular flexibility index (Phi) is 5.35. The van der Waals surface area contributed by atoms with E-state index >= 15 is 0 Å². The minimum Gasteiger partial charge on any atom is -0.438 e. The van der Waals surface area contributed by atoms with Crippen LogP contribution in [0.15, 0.2) is 48.7 Å². The van der Waals surface area contributed by atoms with Crippen molar-refractivity contribution in [2.75, 3.05) is 12.4 Å². The average molecular weight is 362 g/mol. The van der Waals surface area contributed by atoms with Crippen LogP contribution in [0.3, 0.4) is 0 Å². The van der Waals surface area contributed by atoms with Crippen molar-refractivity contribution >= 4 is 17.5 Å². The first-order chi connectivity index (χ1) is 13.0. The predicted molar refractivity (Wildman–Crippen MR) is 106 cm³/mol. The maximum absolute atomic E-state index is 12.1. The molecular formula is C21H22N4O2. The van der Waals surface area contributed by atoms with Crippen LogP contribution in [-0.2, 0) is 0 Å². The first-order valence-corrected chi connectivity index (χ1v) is 8.65. The minimum absolute atomic E-state index is 0.217. The molecule has 0 aliphatic heterocycles. The highest BCUT2D eigenvalue weighted by Crippen LogP contribution is 2.28. The molecule has 138 valence electrons. The van der Waals surface area contributed by atoms with Gasteiger partial charge in [-0.3, -0.25) is 4.79 Å². The highest BCUT2D eigenvalue weighted by Gasteiger charge is 2.14. The zero-order valence-corrected chi connectivity index (χ0v) is 15.8. The molecule has 0 saturated carbocycles. The van der Waals surface area contributed by atoms with Crippen molar-refractivity contribution in [2.45, 2.75) is 20.8 Å². The van der Waals surface area contributed by atoms with Crippen LogP contribution in [0.1, 0.15) is 27.0 Å². The molecule has 0 fully saturated rings. The number of benzene rings is 2. The van der Waals surface area contributed by atoms with E-state index in [0.29, 0.717) is 23.1 Å². The van der Waals surface area contributed by atoms with Crippen LogP contribution in [0.25, 0.3) is 0 Å². The van der Waals surface area contributed by atoms with Crippen LogP contribution in [0.5, 0.6) is 11.6 Å².